The first-order valence-electron chi connectivity index (χ1n) is 19.4. The molecule has 304 valence electrons. The van der Waals surface area contributed by atoms with Gasteiger partial charge in [0.15, 0.2) is 5.78 Å². The zero-order valence-corrected chi connectivity index (χ0v) is 33.6. The third-order valence-electron chi connectivity index (χ3n) is 11.3. The number of benzene rings is 1. The number of amides is 4. The molecule has 3 aromatic heterocycles. The molecule has 8 rings (SSSR count). The number of pyridine rings is 2. The van der Waals surface area contributed by atoms with Crippen molar-refractivity contribution in [1.82, 2.24) is 34.6 Å². The molecule has 2 N–H and O–H groups in total. The zero-order valence-electron chi connectivity index (χ0n) is 33.6. The quantitative estimate of drug-likeness (QED) is 0.102. The maximum absolute atomic E-state index is 15.3. The van der Waals surface area contributed by atoms with Gasteiger partial charge in [0, 0.05) is 55.1 Å². The molecule has 17 heteroatoms. The van der Waals surface area contributed by atoms with E-state index in [1.54, 1.807) is 54.2 Å². The third-order valence-corrected chi connectivity index (χ3v) is 11.3. The molecule has 15 nitrogen and oxygen atoms in total. The molecule has 3 fully saturated rings. The van der Waals surface area contributed by atoms with E-state index in [1.807, 2.05) is 9.80 Å². The number of rotatable bonds is 10. The Morgan fingerprint density at radius 1 is 1.05 bits per heavy atom. The molecule has 2 unspecified atom stereocenters. The van der Waals surface area contributed by atoms with Crippen molar-refractivity contribution in [2.24, 2.45) is 0 Å². The number of imide groups is 2. The van der Waals surface area contributed by atoms with E-state index in [-0.39, 0.29) is 78.9 Å². The molecule has 1 saturated carbocycles. The smallest absolute Gasteiger partial charge is 0.368 e. The van der Waals surface area contributed by atoms with E-state index in [0.29, 0.717) is 54.7 Å². The number of alkyl halides is 1. The Hall–Kier alpha value is -5.30. The van der Waals surface area contributed by atoms with E-state index < -0.39 is 35.3 Å². The topological polar surface area (TPSA) is 180 Å². The van der Waals surface area contributed by atoms with Crippen LogP contribution in [0.25, 0.3) is 11.0 Å². The summed E-state index contributed by atoms with van der Waals surface area (Å²) in [6.07, 6.45) is 7.72. The number of hydrogen-bond acceptors (Lipinski definition) is 12. The van der Waals surface area contributed by atoms with Crippen molar-refractivity contribution in [3.63, 3.8) is 0 Å². The van der Waals surface area contributed by atoms with Crippen LogP contribution in [0, 0.1) is 26.8 Å². The number of fused-ring (bicyclic) bond motifs is 2. The second-order valence-corrected chi connectivity index (χ2v) is 15.1. The van der Waals surface area contributed by atoms with Gasteiger partial charge in [0.2, 0.25) is 17.8 Å². The van der Waals surface area contributed by atoms with E-state index in [2.05, 4.69) is 45.5 Å². The molecule has 2 saturated heterocycles. The SMILES string of the molecule is CC(=O)c1c(C)c2cnc(Nc3cc[c-]cn3)nc2n(C2CCCC2)c1=O.[CH2-]CN(C[CH2-])CC1(F)CCN(c2ccc3c(c2)C(=O)N(C2CCC(=O)NC2=O)C3=O)C1.[Li+]. The number of ketones is 1. The van der Waals surface area contributed by atoms with Crippen LogP contribution < -0.4 is 40.0 Å². The minimum atomic E-state index is -1.41. The van der Waals surface area contributed by atoms with E-state index in [9.17, 15) is 28.8 Å². The first-order chi connectivity index (χ1) is 27.8. The predicted molar refractivity (Wildman–Crippen MR) is 213 cm³/mol. The molecule has 4 amide bonds. The molecular formula is C42H45FLiN9O6-2. The second kappa shape index (κ2) is 17.9. The van der Waals surface area contributed by atoms with Crippen LogP contribution in [0.4, 0.5) is 21.8 Å². The van der Waals surface area contributed by atoms with E-state index >= 15 is 4.39 Å². The van der Waals surface area contributed by atoms with E-state index in [4.69, 9.17) is 0 Å². The molecule has 6 heterocycles. The van der Waals surface area contributed by atoms with Crippen LogP contribution in [0.2, 0.25) is 0 Å². The summed E-state index contributed by atoms with van der Waals surface area (Å²) < 4.78 is 17.0. The van der Waals surface area contributed by atoms with Gasteiger partial charge in [0.1, 0.15) is 17.4 Å². The standard InChI is InChI=1S/C22H25FN4O4.C20H20N5O2.Li/c1-3-25(4-2)12-22(23)9-10-26(13-22)14-5-6-15-16(11-14)21(31)27(20(15)30)17-7-8-18(28)24-19(17)29;1-12-15-11-22-20(23-16-9-5-6-10-21-16)24-18(15)25(14-7-3-4-8-14)19(27)17(12)13(2)26;/h5-6,11,17H,1-4,7-10,12-13H2,(H,24,28,29);5,9-11,14H,3-4,7-8H2,1-2H3,(H,21,22,23,24);/q-2;-1;+1. The number of halogens is 1. The van der Waals surface area contributed by atoms with Gasteiger partial charge in [0.25, 0.3) is 17.4 Å². The van der Waals surface area contributed by atoms with Crippen LogP contribution in [0.1, 0.15) is 94.5 Å². The zero-order chi connectivity index (χ0) is 41.3. The Labute approximate surface area is 353 Å². The molecule has 4 aromatic rings. The number of hydrogen-bond donors (Lipinski definition) is 2. The van der Waals surface area contributed by atoms with Gasteiger partial charge in [-0.05, 0) is 56.9 Å². The first kappa shape index (κ1) is 43.3. The van der Waals surface area contributed by atoms with Crippen LogP contribution in [-0.4, -0.2) is 103 Å². The Bertz CT molecular complexity index is 2350. The minimum absolute atomic E-state index is 0. The van der Waals surface area contributed by atoms with E-state index in [1.165, 1.54) is 6.92 Å². The second-order valence-electron chi connectivity index (χ2n) is 15.1. The average Bonchev–Trinajstić information content (AvgIpc) is 3.93. The van der Waals surface area contributed by atoms with Crippen LogP contribution in [0.5, 0.6) is 0 Å². The average molecular weight is 798 g/mol. The molecule has 59 heavy (non-hydrogen) atoms. The Morgan fingerprint density at radius 3 is 2.44 bits per heavy atom. The summed E-state index contributed by atoms with van der Waals surface area (Å²) in [5.41, 5.74) is 0.832. The Kier molecular flexibility index (Phi) is 13.1. The number of piperidine rings is 1. The van der Waals surface area contributed by atoms with Gasteiger partial charge in [-0.2, -0.15) is 11.1 Å². The predicted octanol–water partition coefficient (Wildman–Crippen LogP) is 1.34. The number of aromatic nitrogens is 4. The van der Waals surface area contributed by atoms with Gasteiger partial charge >= 0.3 is 18.9 Å². The fourth-order valence-corrected chi connectivity index (χ4v) is 8.33. The maximum Gasteiger partial charge on any atom is 1.00 e. The molecule has 4 aliphatic rings. The largest absolute Gasteiger partial charge is 1.00 e. The van der Waals surface area contributed by atoms with Crippen LogP contribution in [0.3, 0.4) is 0 Å². The molecule has 0 radical (unpaired) electrons. The van der Waals surface area contributed by atoms with Crippen molar-refractivity contribution in [3.8, 4) is 0 Å². The molecule has 3 aliphatic heterocycles. The van der Waals surface area contributed by atoms with Gasteiger partial charge in [-0.25, -0.2) is 21.5 Å². The van der Waals surface area contributed by atoms with Gasteiger partial charge in [0.05, 0.1) is 23.2 Å². The van der Waals surface area contributed by atoms with Crippen LogP contribution >= 0.6 is 0 Å². The van der Waals surface area contributed by atoms with Gasteiger partial charge in [-0.3, -0.25) is 48.5 Å². The van der Waals surface area contributed by atoms with Crippen molar-refractivity contribution in [1.29, 1.82) is 0 Å². The maximum atomic E-state index is 15.3. The van der Waals surface area contributed by atoms with Gasteiger partial charge in [-0.1, -0.05) is 19.0 Å². The molecule has 1 aromatic carbocycles. The van der Waals surface area contributed by atoms with E-state index in [0.717, 1.165) is 36.0 Å². The number of carbonyl (C=O) groups is 5. The number of nitrogens with zero attached hydrogens (tertiary/aromatic N) is 7. The first-order valence-corrected chi connectivity index (χ1v) is 19.4. The summed E-state index contributed by atoms with van der Waals surface area (Å²) in [6.45, 7) is 12.7. The minimum Gasteiger partial charge on any atom is -0.368 e. The van der Waals surface area contributed by atoms with Crippen molar-refractivity contribution >= 4 is 57.9 Å². The number of Topliss-reactive ketones (excluding diaryl/α,β-unsaturated/α-hetero) is 1. The van der Waals surface area contributed by atoms with Crippen molar-refractivity contribution in [2.45, 2.75) is 76.5 Å². The van der Waals surface area contributed by atoms with Gasteiger partial charge < -0.3 is 29.0 Å². The summed E-state index contributed by atoms with van der Waals surface area (Å²) >= 11 is 0. The van der Waals surface area contributed by atoms with Crippen molar-refractivity contribution < 1.29 is 47.2 Å². The molecule has 0 spiro atoms. The molecule has 0 bridgehead atoms. The summed E-state index contributed by atoms with van der Waals surface area (Å²) in [7, 11) is 0. The van der Waals surface area contributed by atoms with Crippen molar-refractivity contribution in [2.75, 3.05) is 42.9 Å². The van der Waals surface area contributed by atoms with Crippen LogP contribution in [-0.2, 0) is 9.59 Å². The molecule has 1 aliphatic carbocycles. The normalized spacial score (nSPS) is 20.4. The molecular weight excluding hydrogens is 752 g/mol. The van der Waals surface area contributed by atoms with Crippen molar-refractivity contribution in [3.05, 3.63) is 95.2 Å². The monoisotopic (exact) mass is 797 g/mol. The summed E-state index contributed by atoms with van der Waals surface area (Å²) in [5.74, 6) is -1.44. The number of nitrogens with one attached hydrogen (secondary N) is 2. The summed E-state index contributed by atoms with van der Waals surface area (Å²) in [4.78, 5) is 92.4. The summed E-state index contributed by atoms with van der Waals surface area (Å²) in [5, 5.41) is 5.96. The molecule has 2 atom stereocenters. The fourth-order valence-electron chi connectivity index (χ4n) is 8.33. The third kappa shape index (κ3) is 8.71. The number of carbonyl (C=O) groups excluding carboxylic acids is 5. The Morgan fingerprint density at radius 2 is 1.78 bits per heavy atom. The number of anilines is 3. The fraction of sp³-hybridized carbons (Fsp3) is 0.405. The number of aryl methyl sites for hydroxylation is 1. The van der Waals surface area contributed by atoms with Crippen LogP contribution in [0.15, 0.2) is 47.5 Å². The van der Waals surface area contributed by atoms with Gasteiger partial charge in [-0.15, -0.1) is 13.1 Å². The Balaban J connectivity index is 0.000000197. The summed E-state index contributed by atoms with van der Waals surface area (Å²) in [6, 6.07) is 10.3.